The summed E-state index contributed by atoms with van der Waals surface area (Å²) in [6, 6.07) is 9.12. The molecule has 0 aliphatic rings. The first-order valence-electron chi connectivity index (χ1n) is 5.75. The molecule has 1 amide bonds. The number of benzene rings is 1. The standard InChI is InChI=1S/C14H14ClN3O/c1-9-5-3-4-6-12(9)18(2)14(19)10-7-13(15)17-8-11(10)16/h3-8H,16H2,1-2H3. The van der Waals surface area contributed by atoms with E-state index in [-0.39, 0.29) is 11.1 Å². The minimum atomic E-state index is -0.212. The number of para-hydroxylation sites is 1. The van der Waals surface area contributed by atoms with Crippen LogP contribution in [0.5, 0.6) is 0 Å². The molecule has 1 aromatic carbocycles. The Morgan fingerprint density at radius 1 is 1.37 bits per heavy atom. The van der Waals surface area contributed by atoms with Crippen LogP contribution < -0.4 is 10.6 Å². The maximum absolute atomic E-state index is 12.4. The number of anilines is 2. The molecule has 0 saturated heterocycles. The number of aromatic nitrogens is 1. The molecule has 5 heteroatoms. The summed E-state index contributed by atoms with van der Waals surface area (Å²) in [6.45, 7) is 1.95. The molecule has 19 heavy (non-hydrogen) atoms. The molecule has 0 radical (unpaired) electrons. The summed E-state index contributed by atoms with van der Waals surface area (Å²) in [7, 11) is 1.71. The lowest BCUT2D eigenvalue weighted by Gasteiger charge is -2.20. The Morgan fingerprint density at radius 2 is 2.05 bits per heavy atom. The summed E-state index contributed by atoms with van der Waals surface area (Å²) in [5, 5.41) is 0.246. The lowest BCUT2D eigenvalue weighted by molar-refractivity contribution is 0.0993. The fourth-order valence-electron chi connectivity index (χ4n) is 1.86. The number of rotatable bonds is 2. The van der Waals surface area contributed by atoms with Gasteiger partial charge in [0.2, 0.25) is 0 Å². The molecule has 98 valence electrons. The summed E-state index contributed by atoms with van der Waals surface area (Å²) >= 11 is 5.81. The second-order valence-corrected chi connectivity index (χ2v) is 4.63. The van der Waals surface area contributed by atoms with Crippen molar-refractivity contribution in [1.29, 1.82) is 0 Å². The number of hydrogen-bond acceptors (Lipinski definition) is 3. The molecule has 0 fully saturated rings. The summed E-state index contributed by atoms with van der Waals surface area (Å²) in [5.41, 5.74) is 8.29. The average Bonchev–Trinajstić information content (AvgIpc) is 2.40. The molecular formula is C14H14ClN3O. The third-order valence-electron chi connectivity index (χ3n) is 2.91. The normalized spacial score (nSPS) is 10.3. The van der Waals surface area contributed by atoms with Crippen molar-refractivity contribution in [2.75, 3.05) is 17.7 Å². The van der Waals surface area contributed by atoms with Crippen molar-refractivity contribution in [3.63, 3.8) is 0 Å². The number of nitrogens with two attached hydrogens (primary N) is 1. The van der Waals surface area contributed by atoms with Gasteiger partial charge in [0.15, 0.2) is 0 Å². The molecular weight excluding hydrogens is 262 g/mol. The maximum Gasteiger partial charge on any atom is 0.260 e. The SMILES string of the molecule is Cc1ccccc1N(C)C(=O)c1cc(Cl)ncc1N. The van der Waals surface area contributed by atoms with Crippen molar-refractivity contribution in [1.82, 2.24) is 4.98 Å². The van der Waals surface area contributed by atoms with Crippen molar-refractivity contribution < 1.29 is 4.79 Å². The number of hydrogen-bond donors (Lipinski definition) is 1. The van der Waals surface area contributed by atoms with E-state index < -0.39 is 0 Å². The Hall–Kier alpha value is -2.07. The number of pyridine rings is 1. The number of amides is 1. The molecule has 0 aliphatic carbocycles. The first-order valence-corrected chi connectivity index (χ1v) is 6.13. The molecule has 4 nitrogen and oxygen atoms in total. The van der Waals surface area contributed by atoms with Gasteiger partial charge in [-0.05, 0) is 24.6 Å². The molecule has 0 aliphatic heterocycles. The van der Waals surface area contributed by atoms with E-state index >= 15 is 0 Å². The Kier molecular flexibility index (Phi) is 3.71. The predicted octanol–water partition coefficient (Wildman–Crippen LogP) is 2.90. The van der Waals surface area contributed by atoms with Crippen LogP contribution in [0.25, 0.3) is 0 Å². The molecule has 1 heterocycles. The van der Waals surface area contributed by atoms with E-state index in [2.05, 4.69) is 4.98 Å². The summed E-state index contributed by atoms with van der Waals surface area (Å²) in [6.07, 6.45) is 1.39. The van der Waals surface area contributed by atoms with Gasteiger partial charge in [-0.15, -0.1) is 0 Å². The first-order chi connectivity index (χ1) is 9.00. The average molecular weight is 276 g/mol. The van der Waals surface area contributed by atoms with Crippen molar-refractivity contribution in [2.24, 2.45) is 0 Å². The highest BCUT2D eigenvalue weighted by Gasteiger charge is 2.18. The minimum Gasteiger partial charge on any atom is -0.397 e. The van der Waals surface area contributed by atoms with Crippen LogP contribution in [0, 0.1) is 6.92 Å². The van der Waals surface area contributed by atoms with Crippen molar-refractivity contribution in [3.8, 4) is 0 Å². The third kappa shape index (κ3) is 2.69. The summed E-state index contributed by atoms with van der Waals surface area (Å²) < 4.78 is 0. The smallest absolute Gasteiger partial charge is 0.260 e. The lowest BCUT2D eigenvalue weighted by Crippen LogP contribution is -2.27. The first kappa shape index (κ1) is 13.4. The Balaban J connectivity index is 2.39. The van der Waals surface area contributed by atoms with Gasteiger partial charge in [0.25, 0.3) is 5.91 Å². The van der Waals surface area contributed by atoms with E-state index in [1.807, 2.05) is 31.2 Å². The molecule has 0 spiro atoms. The number of aryl methyl sites for hydroxylation is 1. The predicted molar refractivity (Wildman–Crippen MR) is 77.6 cm³/mol. The van der Waals surface area contributed by atoms with E-state index in [9.17, 15) is 4.79 Å². The number of nitrogen functional groups attached to an aromatic ring is 1. The zero-order valence-corrected chi connectivity index (χ0v) is 11.5. The summed E-state index contributed by atoms with van der Waals surface area (Å²) in [4.78, 5) is 17.8. The van der Waals surface area contributed by atoms with Crippen molar-refractivity contribution >= 4 is 28.9 Å². The van der Waals surface area contributed by atoms with Crippen molar-refractivity contribution in [2.45, 2.75) is 6.92 Å². The van der Waals surface area contributed by atoms with Gasteiger partial charge < -0.3 is 10.6 Å². The van der Waals surface area contributed by atoms with Crippen LogP contribution in [0.15, 0.2) is 36.5 Å². The van der Waals surface area contributed by atoms with Crippen LogP contribution in [0.4, 0.5) is 11.4 Å². The highest BCUT2D eigenvalue weighted by Crippen LogP contribution is 2.23. The lowest BCUT2D eigenvalue weighted by atomic mass is 10.1. The van der Waals surface area contributed by atoms with Crippen LogP contribution in [0.1, 0.15) is 15.9 Å². The van der Waals surface area contributed by atoms with Crippen LogP contribution >= 0.6 is 11.6 Å². The summed E-state index contributed by atoms with van der Waals surface area (Å²) in [5.74, 6) is -0.212. The molecule has 2 rings (SSSR count). The molecule has 1 aromatic heterocycles. The topological polar surface area (TPSA) is 59.2 Å². The number of carbonyl (C=O) groups excluding carboxylic acids is 1. The zero-order chi connectivity index (χ0) is 14.0. The second kappa shape index (κ2) is 5.28. The van der Waals surface area contributed by atoms with Gasteiger partial charge in [0.05, 0.1) is 17.4 Å². The third-order valence-corrected chi connectivity index (χ3v) is 3.12. The van der Waals surface area contributed by atoms with E-state index in [0.29, 0.717) is 11.3 Å². The fourth-order valence-corrected chi connectivity index (χ4v) is 2.01. The van der Waals surface area contributed by atoms with Crippen molar-refractivity contribution in [3.05, 3.63) is 52.8 Å². The van der Waals surface area contributed by atoms with Gasteiger partial charge in [-0.25, -0.2) is 4.98 Å². The maximum atomic E-state index is 12.4. The van der Waals surface area contributed by atoms with Gasteiger partial charge in [-0.2, -0.15) is 0 Å². The Morgan fingerprint density at radius 3 is 2.74 bits per heavy atom. The molecule has 2 aromatic rings. The Bertz CT molecular complexity index is 628. The van der Waals surface area contributed by atoms with Crippen LogP contribution in [-0.4, -0.2) is 17.9 Å². The van der Waals surface area contributed by atoms with Crippen LogP contribution in [-0.2, 0) is 0 Å². The van der Waals surface area contributed by atoms with Gasteiger partial charge in [0, 0.05) is 12.7 Å². The van der Waals surface area contributed by atoms with E-state index in [1.165, 1.54) is 12.3 Å². The zero-order valence-electron chi connectivity index (χ0n) is 10.7. The molecule has 0 atom stereocenters. The number of carbonyl (C=O) groups is 1. The second-order valence-electron chi connectivity index (χ2n) is 4.24. The number of nitrogens with zero attached hydrogens (tertiary/aromatic N) is 2. The monoisotopic (exact) mass is 275 g/mol. The van der Waals surface area contributed by atoms with E-state index in [1.54, 1.807) is 11.9 Å². The minimum absolute atomic E-state index is 0.212. The number of halogens is 1. The van der Waals surface area contributed by atoms with Crippen LogP contribution in [0.3, 0.4) is 0 Å². The molecule has 2 N–H and O–H groups in total. The van der Waals surface area contributed by atoms with Gasteiger partial charge in [-0.3, -0.25) is 4.79 Å². The van der Waals surface area contributed by atoms with Gasteiger partial charge in [0.1, 0.15) is 5.15 Å². The Labute approximate surface area is 116 Å². The van der Waals surface area contributed by atoms with E-state index in [0.717, 1.165) is 11.3 Å². The quantitative estimate of drug-likeness (QED) is 0.858. The molecule has 0 saturated carbocycles. The van der Waals surface area contributed by atoms with Gasteiger partial charge >= 0.3 is 0 Å². The van der Waals surface area contributed by atoms with Gasteiger partial charge in [-0.1, -0.05) is 29.8 Å². The van der Waals surface area contributed by atoms with Crippen LogP contribution in [0.2, 0.25) is 5.15 Å². The molecule has 0 unspecified atom stereocenters. The fraction of sp³-hybridized carbons (Fsp3) is 0.143. The molecule has 0 bridgehead atoms. The largest absolute Gasteiger partial charge is 0.397 e. The highest BCUT2D eigenvalue weighted by molar-refractivity contribution is 6.30. The van der Waals surface area contributed by atoms with E-state index in [4.69, 9.17) is 17.3 Å². The highest BCUT2D eigenvalue weighted by atomic mass is 35.5.